The molecule has 214 valence electrons. The number of morpholine rings is 1. The minimum absolute atomic E-state index is 0.211. The van der Waals surface area contributed by atoms with Crippen molar-refractivity contribution in [3.05, 3.63) is 102 Å². The average Bonchev–Trinajstić information content (AvgIpc) is 3.42. The summed E-state index contributed by atoms with van der Waals surface area (Å²) in [5.74, 6) is 0.658. The van der Waals surface area contributed by atoms with Crippen LogP contribution in [-0.2, 0) is 10.2 Å². The molecule has 7 heteroatoms. The predicted octanol–water partition coefficient (Wildman–Crippen LogP) is 7.78. The Balaban J connectivity index is 1.28. The molecule has 0 atom stereocenters. The summed E-state index contributed by atoms with van der Waals surface area (Å²) in [6.45, 7) is 11.8. The van der Waals surface area contributed by atoms with Crippen molar-refractivity contribution in [1.29, 1.82) is 0 Å². The van der Waals surface area contributed by atoms with Crippen LogP contribution in [0, 0.1) is 6.92 Å². The molecule has 1 saturated heterocycles. The number of carbonyl (C=O) groups is 1. The largest absolute Gasteiger partial charge is 0.378 e. The van der Waals surface area contributed by atoms with Gasteiger partial charge in [-0.15, -0.1) is 0 Å². The fourth-order valence-corrected chi connectivity index (χ4v) is 5.49. The molecule has 7 nitrogen and oxygen atoms in total. The molecule has 6 rings (SSSR count). The van der Waals surface area contributed by atoms with Gasteiger partial charge in [-0.25, -0.2) is 9.48 Å². The van der Waals surface area contributed by atoms with Crippen LogP contribution in [0.1, 0.15) is 31.9 Å². The van der Waals surface area contributed by atoms with Gasteiger partial charge in [0.1, 0.15) is 5.82 Å². The fraction of sp³-hybridized carbons (Fsp3) is 0.257. The molecule has 2 amide bonds. The summed E-state index contributed by atoms with van der Waals surface area (Å²) in [4.78, 5) is 15.9. The first-order valence-electron chi connectivity index (χ1n) is 14.5. The summed E-state index contributed by atoms with van der Waals surface area (Å²) in [5.41, 5.74) is 7.01. The van der Waals surface area contributed by atoms with E-state index in [4.69, 9.17) is 4.74 Å². The third kappa shape index (κ3) is 5.60. The van der Waals surface area contributed by atoms with E-state index in [0.717, 1.165) is 70.7 Å². The molecule has 0 saturated carbocycles. The third-order valence-corrected chi connectivity index (χ3v) is 7.81. The first-order valence-corrected chi connectivity index (χ1v) is 14.5. The second-order valence-electron chi connectivity index (χ2n) is 11.8. The highest BCUT2D eigenvalue weighted by Gasteiger charge is 2.25. The molecule has 1 aliphatic heterocycles. The summed E-state index contributed by atoms with van der Waals surface area (Å²) in [6.07, 6.45) is 1.84. The Hall–Kier alpha value is -4.62. The minimum atomic E-state index is -0.317. The summed E-state index contributed by atoms with van der Waals surface area (Å²) in [6, 6.07) is 28.8. The molecule has 0 aliphatic carbocycles. The standard InChI is InChI=1S/C35H37N5O2/c1-24-9-13-27(14-10-24)40-33(31(23-36-40)35(2,3)4)38-34(41)37-32-18-17-28(29-7-5-6-8-30(29)32)25-11-15-26(16-12-25)39-19-21-42-22-20-39/h5-18,23H,19-22H2,1-4H3,(H2,37,38,41). The van der Waals surface area contributed by atoms with Crippen molar-refractivity contribution in [3.63, 3.8) is 0 Å². The minimum Gasteiger partial charge on any atom is -0.378 e. The molecular weight excluding hydrogens is 522 g/mol. The zero-order valence-corrected chi connectivity index (χ0v) is 24.6. The Morgan fingerprint density at radius 3 is 2.17 bits per heavy atom. The second kappa shape index (κ2) is 11.3. The van der Waals surface area contributed by atoms with Gasteiger partial charge < -0.3 is 15.0 Å². The number of anilines is 3. The number of urea groups is 1. The van der Waals surface area contributed by atoms with Crippen molar-refractivity contribution in [2.24, 2.45) is 0 Å². The number of hydrogen-bond donors (Lipinski definition) is 2. The normalized spacial score (nSPS) is 13.8. The lowest BCUT2D eigenvalue weighted by Gasteiger charge is -2.29. The molecule has 1 aliphatic rings. The molecule has 0 unspecified atom stereocenters. The lowest BCUT2D eigenvalue weighted by molar-refractivity contribution is 0.122. The van der Waals surface area contributed by atoms with Gasteiger partial charge in [-0.1, -0.05) is 80.9 Å². The number of hydrogen-bond acceptors (Lipinski definition) is 4. The van der Waals surface area contributed by atoms with Crippen molar-refractivity contribution in [3.8, 4) is 16.8 Å². The Bertz CT molecular complexity index is 1710. The molecule has 0 radical (unpaired) electrons. The van der Waals surface area contributed by atoms with Crippen LogP contribution in [0.5, 0.6) is 0 Å². The lowest BCUT2D eigenvalue weighted by atomic mass is 9.89. The molecule has 0 bridgehead atoms. The monoisotopic (exact) mass is 559 g/mol. The molecule has 5 aromatic rings. The van der Waals surface area contributed by atoms with E-state index >= 15 is 0 Å². The number of nitrogens with zero attached hydrogens (tertiary/aromatic N) is 3. The summed E-state index contributed by atoms with van der Waals surface area (Å²) < 4.78 is 7.29. The fourth-order valence-electron chi connectivity index (χ4n) is 5.49. The van der Waals surface area contributed by atoms with Gasteiger partial charge in [0.15, 0.2) is 0 Å². The van der Waals surface area contributed by atoms with Gasteiger partial charge in [-0.2, -0.15) is 5.10 Å². The average molecular weight is 560 g/mol. The van der Waals surface area contributed by atoms with E-state index in [2.05, 4.69) is 84.7 Å². The van der Waals surface area contributed by atoms with Crippen LogP contribution >= 0.6 is 0 Å². The number of benzene rings is 4. The van der Waals surface area contributed by atoms with Gasteiger partial charge >= 0.3 is 6.03 Å². The van der Waals surface area contributed by atoms with Gasteiger partial charge in [0.2, 0.25) is 0 Å². The number of fused-ring (bicyclic) bond motifs is 1. The van der Waals surface area contributed by atoms with Crippen molar-refractivity contribution in [1.82, 2.24) is 9.78 Å². The zero-order chi connectivity index (χ0) is 29.3. The maximum Gasteiger partial charge on any atom is 0.324 e. The lowest BCUT2D eigenvalue weighted by Crippen LogP contribution is -2.36. The Labute approximate surface area is 247 Å². The predicted molar refractivity (Wildman–Crippen MR) is 172 cm³/mol. The smallest absolute Gasteiger partial charge is 0.324 e. The van der Waals surface area contributed by atoms with Gasteiger partial charge in [0.25, 0.3) is 0 Å². The van der Waals surface area contributed by atoms with Crippen molar-refractivity contribution < 1.29 is 9.53 Å². The van der Waals surface area contributed by atoms with Crippen LogP contribution in [-0.4, -0.2) is 42.1 Å². The Kier molecular flexibility index (Phi) is 7.43. The Morgan fingerprint density at radius 2 is 1.48 bits per heavy atom. The summed E-state index contributed by atoms with van der Waals surface area (Å²) in [5, 5.41) is 12.9. The second-order valence-corrected chi connectivity index (χ2v) is 11.8. The van der Waals surface area contributed by atoms with E-state index in [-0.39, 0.29) is 11.4 Å². The number of ether oxygens (including phenoxy) is 1. The first-order chi connectivity index (χ1) is 20.3. The van der Waals surface area contributed by atoms with E-state index in [1.165, 1.54) is 5.69 Å². The molecule has 1 aromatic heterocycles. The highest BCUT2D eigenvalue weighted by atomic mass is 16.5. The number of rotatable bonds is 5. The zero-order valence-electron chi connectivity index (χ0n) is 24.6. The maximum absolute atomic E-state index is 13.5. The maximum atomic E-state index is 13.5. The number of amides is 2. The molecule has 1 fully saturated rings. The third-order valence-electron chi connectivity index (χ3n) is 7.81. The number of aromatic nitrogens is 2. The quantitative estimate of drug-likeness (QED) is 0.231. The van der Waals surface area contributed by atoms with Crippen LogP contribution in [0.25, 0.3) is 27.6 Å². The van der Waals surface area contributed by atoms with E-state index in [1.54, 1.807) is 4.68 Å². The molecule has 0 spiro atoms. The SMILES string of the molecule is Cc1ccc(-n2ncc(C(C)(C)C)c2NC(=O)Nc2ccc(-c3ccc(N4CCOCC4)cc3)c3ccccc23)cc1. The molecular formula is C35H37N5O2. The molecule has 2 N–H and O–H groups in total. The van der Waals surface area contributed by atoms with Gasteiger partial charge in [0.05, 0.1) is 30.8 Å². The topological polar surface area (TPSA) is 71.4 Å². The van der Waals surface area contributed by atoms with Crippen LogP contribution in [0.15, 0.2) is 91.1 Å². The summed E-state index contributed by atoms with van der Waals surface area (Å²) in [7, 11) is 0. The highest BCUT2D eigenvalue weighted by Crippen LogP contribution is 2.35. The molecule has 4 aromatic carbocycles. The van der Waals surface area contributed by atoms with E-state index in [0.29, 0.717) is 5.82 Å². The van der Waals surface area contributed by atoms with Gasteiger partial charge in [-0.05, 0) is 59.2 Å². The van der Waals surface area contributed by atoms with Gasteiger partial charge in [-0.3, -0.25) is 5.32 Å². The number of nitrogens with one attached hydrogen (secondary N) is 2. The number of carbonyl (C=O) groups excluding carboxylic acids is 1. The Morgan fingerprint density at radius 1 is 0.810 bits per heavy atom. The first kappa shape index (κ1) is 27.5. The highest BCUT2D eigenvalue weighted by molar-refractivity contribution is 6.09. The van der Waals surface area contributed by atoms with Gasteiger partial charge in [0, 0.05) is 29.7 Å². The van der Waals surface area contributed by atoms with E-state index < -0.39 is 0 Å². The van der Waals surface area contributed by atoms with Crippen LogP contribution in [0.2, 0.25) is 0 Å². The molecule has 42 heavy (non-hydrogen) atoms. The van der Waals surface area contributed by atoms with Crippen LogP contribution in [0.4, 0.5) is 22.0 Å². The number of aryl methyl sites for hydroxylation is 1. The molecule has 2 heterocycles. The van der Waals surface area contributed by atoms with Crippen LogP contribution in [0.3, 0.4) is 0 Å². The van der Waals surface area contributed by atoms with Crippen molar-refractivity contribution in [2.75, 3.05) is 41.8 Å². The van der Waals surface area contributed by atoms with E-state index in [1.807, 2.05) is 54.7 Å². The van der Waals surface area contributed by atoms with Crippen molar-refractivity contribution >= 4 is 34.0 Å². The summed E-state index contributed by atoms with van der Waals surface area (Å²) >= 11 is 0. The van der Waals surface area contributed by atoms with E-state index in [9.17, 15) is 4.79 Å². The van der Waals surface area contributed by atoms with Crippen LogP contribution < -0.4 is 15.5 Å². The van der Waals surface area contributed by atoms with Crippen molar-refractivity contribution in [2.45, 2.75) is 33.1 Å².